The van der Waals surface area contributed by atoms with E-state index in [0.717, 1.165) is 30.3 Å². The lowest BCUT2D eigenvalue weighted by molar-refractivity contribution is -0.158. The van der Waals surface area contributed by atoms with E-state index in [4.69, 9.17) is 0 Å². The number of nitrogens with one attached hydrogen (secondary N) is 3. The number of carbonyl (C=O) groups is 2. The van der Waals surface area contributed by atoms with Crippen LogP contribution in [0.5, 0.6) is 0 Å². The number of carbonyl (C=O) groups excluding carboxylic acids is 2. The number of alkyl halides is 3. The minimum atomic E-state index is -4.56. The summed E-state index contributed by atoms with van der Waals surface area (Å²) in [4.78, 5) is 34.0. The number of amides is 3. The van der Waals surface area contributed by atoms with Crippen molar-refractivity contribution < 1.29 is 22.8 Å². The predicted octanol–water partition coefficient (Wildman–Crippen LogP) is 2.48. The van der Waals surface area contributed by atoms with Gasteiger partial charge in [0.25, 0.3) is 0 Å². The SMILES string of the molecule is Cc1nn(C)cc1-c1ccnc(NC(=O)N2C3=C(C=CC(C(=O)N[C@H](C)C(F)(F)F)N3)N3CCC2C3)c1. The van der Waals surface area contributed by atoms with Gasteiger partial charge in [-0.3, -0.25) is 19.7 Å². The van der Waals surface area contributed by atoms with Gasteiger partial charge in [-0.15, -0.1) is 0 Å². The molecule has 10 nitrogen and oxygen atoms in total. The van der Waals surface area contributed by atoms with Crippen LogP contribution in [-0.4, -0.2) is 73.9 Å². The topological polar surface area (TPSA) is 107 Å². The van der Waals surface area contributed by atoms with Gasteiger partial charge in [-0.1, -0.05) is 6.08 Å². The molecule has 0 aromatic carbocycles. The number of aromatic nitrogens is 3. The van der Waals surface area contributed by atoms with Crippen LogP contribution in [0.1, 0.15) is 19.0 Å². The molecule has 0 saturated carbocycles. The molecule has 0 radical (unpaired) electrons. The van der Waals surface area contributed by atoms with Gasteiger partial charge in [0.05, 0.1) is 17.4 Å². The van der Waals surface area contributed by atoms with Crippen molar-refractivity contribution in [3.8, 4) is 11.1 Å². The molecule has 3 amide bonds. The predicted molar refractivity (Wildman–Crippen MR) is 129 cm³/mol. The fourth-order valence-corrected chi connectivity index (χ4v) is 4.86. The number of nitrogens with zero attached hydrogens (tertiary/aromatic N) is 5. The van der Waals surface area contributed by atoms with Gasteiger partial charge in [0, 0.05) is 38.1 Å². The Morgan fingerprint density at radius 2 is 2.08 bits per heavy atom. The minimum absolute atomic E-state index is 0.167. The Morgan fingerprint density at radius 3 is 2.78 bits per heavy atom. The minimum Gasteiger partial charge on any atom is -0.366 e. The summed E-state index contributed by atoms with van der Waals surface area (Å²) in [6.45, 7) is 4.11. The highest BCUT2D eigenvalue weighted by Crippen LogP contribution is 2.34. The number of fused-ring (bicyclic) bond motifs is 3. The van der Waals surface area contributed by atoms with E-state index in [9.17, 15) is 22.8 Å². The molecule has 2 aromatic rings. The van der Waals surface area contributed by atoms with Gasteiger partial charge in [-0.25, -0.2) is 9.78 Å². The molecule has 2 unspecified atom stereocenters. The Bertz CT molecular complexity index is 1300. The van der Waals surface area contributed by atoms with Crippen molar-refractivity contribution in [3.05, 3.63) is 53.9 Å². The number of allylic oxidation sites excluding steroid dienone is 1. The lowest BCUT2D eigenvalue weighted by atomic mass is 10.1. The summed E-state index contributed by atoms with van der Waals surface area (Å²) in [6, 6.07) is -0.0955. The molecule has 1 saturated heterocycles. The van der Waals surface area contributed by atoms with Crippen LogP contribution in [0.3, 0.4) is 0 Å². The molecule has 3 N–H and O–H groups in total. The van der Waals surface area contributed by atoms with Crippen molar-refractivity contribution in [1.82, 2.24) is 35.2 Å². The maximum atomic E-state index is 13.5. The molecule has 3 aliphatic rings. The van der Waals surface area contributed by atoms with Gasteiger partial charge in [0.15, 0.2) is 0 Å². The van der Waals surface area contributed by atoms with Gasteiger partial charge >= 0.3 is 12.2 Å². The van der Waals surface area contributed by atoms with Crippen molar-refractivity contribution in [1.29, 1.82) is 0 Å². The zero-order valence-electron chi connectivity index (χ0n) is 20.5. The second kappa shape index (κ2) is 9.12. The van der Waals surface area contributed by atoms with Gasteiger partial charge in [0.1, 0.15) is 23.7 Å². The van der Waals surface area contributed by atoms with Crippen LogP contribution in [0.25, 0.3) is 11.1 Å². The first-order valence-electron chi connectivity index (χ1n) is 11.9. The molecule has 0 spiro atoms. The Hall–Kier alpha value is -4.03. The molecule has 13 heteroatoms. The average molecular weight is 517 g/mol. The summed E-state index contributed by atoms with van der Waals surface area (Å²) in [5.74, 6) is -0.108. The Kier molecular flexibility index (Phi) is 6.08. The van der Waals surface area contributed by atoms with Crippen molar-refractivity contribution >= 4 is 17.8 Å². The first-order chi connectivity index (χ1) is 17.5. The first-order valence-corrected chi connectivity index (χ1v) is 11.9. The van der Waals surface area contributed by atoms with Gasteiger partial charge in [-0.2, -0.15) is 18.3 Å². The van der Waals surface area contributed by atoms with Crippen LogP contribution < -0.4 is 16.0 Å². The maximum Gasteiger partial charge on any atom is 0.408 e. The van der Waals surface area contributed by atoms with E-state index in [0.29, 0.717) is 30.3 Å². The molecule has 5 rings (SSSR count). The molecule has 2 bridgehead atoms. The zero-order valence-corrected chi connectivity index (χ0v) is 20.5. The highest BCUT2D eigenvalue weighted by atomic mass is 19.4. The number of anilines is 1. The third kappa shape index (κ3) is 4.72. The molecule has 5 heterocycles. The molecule has 37 heavy (non-hydrogen) atoms. The summed E-state index contributed by atoms with van der Waals surface area (Å²) in [5.41, 5.74) is 3.31. The lowest BCUT2D eigenvalue weighted by Crippen LogP contribution is -2.57. The van der Waals surface area contributed by atoms with Gasteiger partial charge in [0.2, 0.25) is 5.91 Å². The smallest absolute Gasteiger partial charge is 0.366 e. The molecule has 196 valence electrons. The van der Waals surface area contributed by atoms with E-state index in [1.165, 1.54) is 6.08 Å². The van der Waals surface area contributed by atoms with E-state index in [2.05, 4.69) is 25.6 Å². The molecule has 3 aliphatic heterocycles. The van der Waals surface area contributed by atoms with Crippen molar-refractivity contribution in [2.45, 2.75) is 44.6 Å². The van der Waals surface area contributed by atoms with Gasteiger partial charge < -0.3 is 15.5 Å². The fraction of sp³-hybridized carbons (Fsp3) is 0.417. The van der Waals surface area contributed by atoms with Gasteiger partial charge in [-0.05, 0) is 44.0 Å². The first kappa shape index (κ1) is 24.7. The van der Waals surface area contributed by atoms with Crippen LogP contribution >= 0.6 is 0 Å². The van der Waals surface area contributed by atoms with E-state index >= 15 is 0 Å². The van der Waals surface area contributed by atoms with Crippen LogP contribution in [0, 0.1) is 6.92 Å². The van der Waals surface area contributed by atoms with Crippen molar-refractivity contribution in [2.24, 2.45) is 7.05 Å². The second-order valence-electron chi connectivity index (χ2n) is 9.41. The van der Waals surface area contributed by atoms with Crippen molar-refractivity contribution in [3.63, 3.8) is 0 Å². The summed E-state index contributed by atoms with van der Waals surface area (Å²) < 4.78 is 40.6. The number of pyridine rings is 1. The standard InChI is InChI=1S/C24H27F3N8O2/c1-13-17(12-33(3)32-13)15-6-8-28-20(10-15)31-23(37)35-16-7-9-34(11-16)19-5-4-18(30-21(19)35)22(36)29-14(2)24(25,26)27/h4-6,8,10,12,14,16,18,30H,7,9,11H2,1-3H3,(H,29,36)(H,28,31,37)/t14-,16?,18?/m1/s1. The molecular formula is C24H27F3N8O2. The second-order valence-corrected chi connectivity index (χ2v) is 9.41. The molecule has 0 aliphatic carbocycles. The summed E-state index contributed by atoms with van der Waals surface area (Å²) in [5, 5.41) is 12.2. The number of halogens is 3. The largest absolute Gasteiger partial charge is 0.408 e. The summed E-state index contributed by atoms with van der Waals surface area (Å²) in [6.07, 6.45) is 2.82. The quantitative estimate of drug-likeness (QED) is 0.577. The fourth-order valence-electron chi connectivity index (χ4n) is 4.86. The molecular weight excluding hydrogens is 489 g/mol. The third-order valence-corrected chi connectivity index (χ3v) is 6.76. The number of rotatable bonds is 4. The number of dihydropyridines is 1. The highest BCUT2D eigenvalue weighted by molar-refractivity contribution is 5.91. The van der Waals surface area contributed by atoms with Crippen LogP contribution in [0.4, 0.5) is 23.8 Å². The van der Waals surface area contributed by atoms with E-state index in [1.807, 2.05) is 31.6 Å². The number of hydrogen-bond acceptors (Lipinski definition) is 6. The summed E-state index contributed by atoms with van der Waals surface area (Å²) in [7, 11) is 1.83. The average Bonchev–Trinajstić information content (AvgIpc) is 3.41. The number of urea groups is 1. The highest BCUT2D eigenvalue weighted by Gasteiger charge is 2.43. The molecule has 1 fully saturated rings. The van der Waals surface area contributed by atoms with E-state index in [-0.39, 0.29) is 6.04 Å². The van der Waals surface area contributed by atoms with E-state index < -0.39 is 30.2 Å². The monoisotopic (exact) mass is 516 g/mol. The Balaban J connectivity index is 1.36. The van der Waals surface area contributed by atoms with Crippen molar-refractivity contribution in [2.75, 3.05) is 18.4 Å². The molecule has 2 aromatic heterocycles. The van der Waals surface area contributed by atoms with Crippen LogP contribution in [-0.2, 0) is 11.8 Å². The lowest BCUT2D eigenvalue weighted by Gasteiger charge is -2.41. The van der Waals surface area contributed by atoms with Crippen LogP contribution in [0.15, 0.2) is 48.2 Å². The Labute approximate surface area is 211 Å². The molecule has 3 atom stereocenters. The third-order valence-electron chi connectivity index (χ3n) is 6.76. The van der Waals surface area contributed by atoms with E-state index in [1.54, 1.807) is 27.9 Å². The zero-order chi connectivity index (χ0) is 26.5. The maximum absolute atomic E-state index is 13.5. The van der Waals surface area contributed by atoms with Crippen LogP contribution in [0.2, 0.25) is 0 Å². The summed E-state index contributed by atoms with van der Waals surface area (Å²) >= 11 is 0. The normalized spacial score (nSPS) is 21.5. The number of aryl methyl sites for hydroxylation is 2. The number of hydrogen-bond donors (Lipinski definition) is 3. The Morgan fingerprint density at radius 1 is 1.30 bits per heavy atom.